The molecule has 0 aliphatic heterocycles. The first-order valence-electron chi connectivity index (χ1n) is 19.8. The maximum Gasteiger partial charge on any atom is 0.472 e. The van der Waals surface area contributed by atoms with E-state index in [1.807, 2.05) is 0 Å². The summed E-state index contributed by atoms with van der Waals surface area (Å²) in [6, 6.07) is 0. The van der Waals surface area contributed by atoms with Crippen LogP contribution < -0.4 is 5.73 Å². The minimum Gasteiger partial charge on any atom is -0.462 e. The molecule has 0 bridgehead atoms. The van der Waals surface area contributed by atoms with E-state index in [4.69, 9.17) is 34.0 Å². The lowest BCUT2D eigenvalue weighted by Crippen LogP contribution is -2.64. The summed E-state index contributed by atoms with van der Waals surface area (Å²) >= 11 is 0. The highest BCUT2D eigenvalue weighted by atomic mass is 31.2. The summed E-state index contributed by atoms with van der Waals surface area (Å²) in [5, 5.41) is 41.2. The molecule has 4 unspecified atom stereocenters. The summed E-state index contributed by atoms with van der Waals surface area (Å²) in [5.41, 5.74) is 5.50. The summed E-state index contributed by atoms with van der Waals surface area (Å²) in [6.07, 6.45) is 6.50. The molecule has 0 amide bonds. The van der Waals surface area contributed by atoms with E-state index in [9.17, 15) is 44.0 Å². The van der Waals surface area contributed by atoms with Crippen LogP contribution in [-0.4, -0.2) is 110 Å². The molecule has 17 nitrogen and oxygen atoms in total. The lowest BCUT2D eigenvalue weighted by atomic mass is 9.85. The second-order valence-electron chi connectivity index (χ2n) is 14.2. The molecule has 0 radical (unpaired) electrons. The molecule has 320 valence electrons. The number of nitrogens with two attached hydrogens (primary N) is 1. The molecule has 1 rings (SSSR count). The monoisotopic (exact) mass is 821 g/mol. The zero-order valence-electron chi connectivity index (χ0n) is 32.0. The number of carbonyl (C=O) groups excluding carboxylic acids is 2. The Bertz CT molecular complexity index is 1080. The molecule has 9 N–H and O–H groups in total. The van der Waals surface area contributed by atoms with Gasteiger partial charge in [0.05, 0.1) is 6.61 Å². The first kappa shape index (κ1) is 51.0. The Balaban J connectivity index is 2.64. The van der Waals surface area contributed by atoms with Crippen LogP contribution in [0.4, 0.5) is 0 Å². The molecular weight excluding hydrogens is 752 g/mol. The van der Waals surface area contributed by atoms with Gasteiger partial charge in [-0.2, -0.15) is 0 Å². The molecule has 0 aromatic heterocycles. The van der Waals surface area contributed by atoms with Crippen molar-refractivity contribution in [2.45, 2.75) is 191 Å². The molecular formula is C35H69NO16P2. The molecule has 0 heterocycles. The average Bonchev–Trinajstić information content (AvgIpc) is 3.11. The van der Waals surface area contributed by atoms with Gasteiger partial charge in [0.25, 0.3) is 0 Å². The van der Waals surface area contributed by atoms with Crippen LogP contribution in [0.25, 0.3) is 0 Å². The number of aliphatic hydroxyl groups excluding tert-OH is 4. The highest BCUT2D eigenvalue weighted by Gasteiger charge is 2.54. The molecule has 0 aromatic rings. The van der Waals surface area contributed by atoms with Gasteiger partial charge in [-0.15, -0.1) is 0 Å². The molecule has 1 fully saturated rings. The minimum absolute atomic E-state index is 0.0505. The van der Waals surface area contributed by atoms with Crippen molar-refractivity contribution >= 4 is 27.6 Å². The minimum atomic E-state index is -5.30. The summed E-state index contributed by atoms with van der Waals surface area (Å²) in [7, 11) is -10.6. The Kier molecular flexibility index (Phi) is 27.6. The molecule has 54 heavy (non-hydrogen) atoms. The fourth-order valence-corrected chi connectivity index (χ4v) is 7.69. The van der Waals surface area contributed by atoms with Crippen molar-refractivity contribution in [3.8, 4) is 0 Å². The Morgan fingerprint density at radius 3 is 1.39 bits per heavy atom. The van der Waals surface area contributed by atoms with Crippen LogP contribution in [0.1, 0.15) is 148 Å². The van der Waals surface area contributed by atoms with Gasteiger partial charge >= 0.3 is 27.6 Å². The smallest absolute Gasteiger partial charge is 0.462 e. The van der Waals surface area contributed by atoms with Crippen LogP contribution in [0.3, 0.4) is 0 Å². The van der Waals surface area contributed by atoms with Gasteiger partial charge in [0.15, 0.2) is 6.10 Å². The Labute approximate surface area is 320 Å². The second kappa shape index (κ2) is 29.2. The number of hydrogen-bond donors (Lipinski definition) is 8. The summed E-state index contributed by atoms with van der Waals surface area (Å²) < 4.78 is 48.8. The van der Waals surface area contributed by atoms with Gasteiger partial charge in [-0.1, -0.05) is 116 Å². The van der Waals surface area contributed by atoms with Crippen molar-refractivity contribution in [3.63, 3.8) is 0 Å². The van der Waals surface area contributed by atoms with E-state index >= 15 is 0 Å². The van der Waals surface area contributed by atoms with Crippen LogP contribution in [0.15, 0.2) is 0 Å². The van der Waals surface area contributed by atoms with E-state index in [1.165, 1.54) is 51.4 Å². The number of phosphoric ester groups is 2. The molecule has 1 aliphatic rings. The second-order valence-corrected chi connectivity index (χ2v) is 16.8. The Morgan fingerprint density at radius 1 is 0.574 bits per heavy atom. The van der Waals surface area contributed by atoms with Gasteiger partial charge in [-0.3, -0.25) is 23.2 Å². The van der Waals surface area contributed by atoms with Crippen molar-refractivity contribution in [2.24, 2.45) is 5.73 Å². The van der Waals surface area contributed by atoms with Crippen molar-refractivity contribution in [2.75, 3.05) is 19.8 Å². The van der Waals surface area contributed by atoms with Gasteiger partial charge < -0.3 is 50.3 Å². The Hall–Kier alpha value is -1.04. The van der Waals surface area contributed by atoms with Crippen LogP contribution in [-0.2, 0) is 41.8 Å². The number of unbranched alkanes of at least 4 members (excludes halogenated alkanes) is 18. The highest BCUT2D eigenvalue weighted by Crippen LogP contribution is 2.48. The number of ether oxygens (including phenoxy) is 2. The van der Waals surface area contributed by atoms with Gasteiger partial charge in [-0.05, 0) is 25.8 Å². The van der Waals surface area contributed by atoms with Crippen molar-refractivity contribution in [1.82, 2.24) is 0 Å². The summed E-state index contributed by atoms with van der Waals surface area (Å²) in [6.45, 7) is 1.55. The van der Waals surface area contributed by atoms with E-state index in [-0.39, 0.29) is 12.8 Å². The highest BCUT2D eigenvalue weighted by molar-refractivity contribution is 7.47. The third-order valence-corrected chi connectivity index (χ3v) is 10.8. The van der Waals surface area contributed by atoms with Crippen LogP contribution >= 0.6 is 15.6 Å². The zero-order valence-corrected chi connectivity index (χ0v) is 33.8. The Morgan fingerprint density at radius 2 is 0.963 bits per heavy atom. The van der Waals surface area contributed by atoms with Gasteiger partial charge in [0, 0.05) is 12.8 Å². The lowest BCUT2D eigenvalue weighted by Gasteiger charge is -2.43. The SMILES string of the molecule is CCCCCCCCCCCCCCCC(=O)O[C@H](COC(=O)CCCCCCCCCN)COP(=O)(O)OC1C(O)[C@@H](O)C(OP(=O)(O)O)[C@@H](O)[C@H]1O. The van der Waals surface area contributed by atoms with Gasteiger partial charge in [-0.25, -0.2) is 9.13 Å². The third-order valence-electron chi connectivity index (χ3n) is 9.28. The predicted molar refractivity (Wildman–Crippen MR) is 199 cm³/mol. The van der Waals surface area contributed by atoms with E-state index in [0.717, 1.165) is 64.2 Å². The predicted octanol–water partition coefficient (Wildman–Crippen LogP) is 4.44. The fraction of sp³-hybridized carbons (Fsp3) is 0.943. The van der Waals surface area contributed by atoms with Gasteiger partial charge in [0.2, 0.25) is 0 Å². The fourth-order valence-electron chi connectivity index (χ4n) is 6.15. The van der Waals surface area contributed by atoms with E-state index in [0.29, 0.717) is 19.4 Å². The maximum atomic E-state index is 12.8. The number of carbonyl (C=O) groups is 2. The lowest BCUT2D eigenvalue weighted by molar-refractivity contribution is -0.216. The molecule has 0 saturated heterocycles. The number of aliphatic hydroxyl groups is 4. The molecule has 1 aliphatic carbocycles. The van der Waals surface area contributed by atoms with Crippen molar-refractivity contribution < 1.29 is 76.9 Å². The molecule has 0 aromatic carbocycles. The third kappa shape index (κ3) is 23.9. The van der Waals surface area contributed by atoms with Crippen molar-refractivity contribution in [3.05, 3.63) is 0 Å². The largest absolute Gasteiger partial charge is 0.472 e. The first-order valence-corrected chi connectivity index (χ1v) is 22.8. The summed E-state index contributed by atoms with van der Waals surface area (Å²) in [4.78, 5) is 53.5. The van der Waals surface area contributed by atoms with Crippen LogP contribution in [0.5, 0.6) is 0 Å². The maximum absolute atomic E-state index is 12.8. The molecule has 8 atom stereocenters. The number of hydrogen-bond acceptors (Lipinski definition) is 14. The van der Waals surface area contributed by atoms with E-state index in [1.54, 1.807) is 0 Å². The van der Waals surface area contributed by atoms with Crippen molar-refractivity contribution in [1.29, 1.82) is 0 Å². The van der Waals surface area contributed by atoms with Gasteiger partial charge in [0.1, 0.15) is 43.2 Å². The van der Waals surface area contributed by atoms with E-state index < -0.39 is 83.5 Å². The standard InChI is InChI=1S/C35H69NO16P2/c1-2-3-4-5-6-7-8-9-10-11-13-17-20-23-29(38)50-27(25-48-28(37)22-19-16-14-12-15-18-21-24-36)26-49-54(46,47)52-35-32(41)30(39)34(31(40)33(35)42)51-53(43,44)45/h27,30-35,39-42H,2-26,36H2,1H3,(H,46,47)(H2,43,44,45)/t27-,30-,31+,32?,33-,34?,35?/m1/s1. The first-order chi connectivity index (χ1) is 25.6. The zero-order chi connectivity index (χ0) is 40.4. The van der Waals surface area contributed by atoms with Crippen LogP contribution in [0, 0.1) is 0 Å². The number of phosphoric acid groups is 2. The number of esters is 2. The quantitative estimate of drug-likeness (QED) is 0.0258. The normalized spacial score (nSPS) is 23.5. The number of rotatable bonds is 33. The van der Waals surface area contributed by atoms with Crippen LogP contribution in [0.2, 0.25) is 0 Å². The molecule has 19 heteroatoms. The molecule has 0 spiro atoms. The summed E-state index contributed by atoms with van der Waals surface area (Å²) in [5.74, 6) is -1.21. The average molecular weight is 822 g/mol. The van der Waals surface area contributed by atoms with E-state index in [2.05, 4.69) is 11.4 Å². The topological polar surface area (TPSA) is 282 Å². The molecule has 1 saturated carbocycles.